The summed E-state index contributed by atoms with van der Waals surface area (Å²) in [5.74, 6) is -0.407. The van der Waals surface area contributed by atoms with Crippen LogP contribution < -0.4 is 10.2 Å². The molecule has 10 nitrogen and oxygen atoms in total. The van der Waals surface area contributed by atoms with Crippen LogP contribution in [-0.4, -0.2) is 22.0 Å². The fraction of sp³-hybridized carbons (Fsp3) is 0.0476. The van der Waals surface area contributed by atoms with Crippen molar-refractivity contribution in [2.24, 2.45) is 5.10 Å². The summed E-state index contributed by atoms with van der Waals surface area (Å²) in [6.45, 7) is 1.85. The van der Waals surface area contributed by atoms with Gasteiger partial charge in [-0.15, -0.1) is 0 Å². The molecule has 0 radical (unpaired) electrons. The average molecular weight is 455 g/mol. The van der Waals surface area contributed by atoms with Crippen LogP contribution in [0.2, 0.25) is 5.02 Å². The SMILES string of the molecule is Cc1ccc(C(=O)N/N=C/c2cccc(Oc3ccc([N+](=O)[O-])cc3[N+](=O)[O-])c2)c(Cl)c1. The van der Waals surface area contributed by atoms with Gasteiger partial charge in [0.05, 0.1) is 32.7 Å². The van der Waals surface area contributed by atoms with Gasteiger partial charge in [-0.3, -0.25) is 25.0 Å². The Labute approximate surface area is 186 Å². The van der Waals surface area contributed by atoms with E-state index in [0.717, 1.165) is 23.8 Å². The predicted molar refractivity (Wildman–Crippen MR) is 118 cm³/mol. The van der Waals surface area contributed by atoms with E-state index in [-0.39, 0.29) is 17.1 Å². The first-order valence-electron chi connectivity index (χ1n) is 9.05. The molecule has 0 fully saturated rings. The molecule has 0 atom stereocenters. The van der Waals surface area contributed by atoms with E-state index in [1.54, 1.807) is 36.4 Å². The number of amides is 1. The van der Waals surface area contributed by atoms with Crippen LogP contribution >= 0.6 is 11.6 Å². The van der Waals surface area contributed by atoms with Crippen molar-refractivity contribution in [3.8, 4) is 11.5 Å². The first kappa shape index (κ1) is 22.4. The lowest BCUT2D eigenvalue weighted by Crippen LogP contribution is -2.18. The number of non-ortho nitro benzene ring substituents is 1. The van der Waals surface area contributed by atoms with Crippen LogP contribution in [0.4, 0.5) is 11.4 Å². The second kappa shape index (κ2) is 9.67. The minimum absolute atomic E-state index is 0.156. The maximum Gasteiger partial charge on any atom is 0.318 e. The molecule has 3 rings (SSSR count). The maximum absolute atomic E-state index is 12.2. The standard InChI is InChI=1S/C21H15ClN4O6/c1-13-5-7-17(18(22)9-13)21(27)24-23-12-14-3-2-4-16(10-14)32-20-8-6-15(25(28)29)11-19(20)26(30)31/h2-12H,1H3,(H,24,27)/b23-12+. The van der Waals surface area contributed by atoms with Crippen molar-refractivity contribution in [2.75, 3.05) is 0 Å². The first-order chi connectivity index (χ1) is 15.2. The summed E-state index contributed by atoms with van der Waals surface area (Å²) in [6, 6.07) is 14.5. The molecule has 0 unspecified atom stereocenters. The largest absolute Gasteiger partial charge is 0.450 e. The number of rotatable bonds is 7. The van der Waals surface area contributed by atoms with Crippen LogP contribution in [0.1, 0.15) is 21.5 Å². The molecule has 32 heavy (non-hydrogen) atoms. The minimum Gasteiger partial charge on any atom is -0.450 e. The lowest BCUT2D eigenvalue weighted by atomic mass is 10.1. The summed E-state index contributed by atoms with van der Waals surface area (Å²) in [4.78, 5) is 32.8. The average Bonchev–Trinajstić information content (AvgIpc) is 2.74. The Balaban J connectivity index is 1.74. The monoisotopic (exact) mass is 454 g/mol. The van der Waals surface area contributed by atoms with Gasteiger partial charge in [-0.1, -0.05) is 29.8 Å². The number of aryl methyl sites for hydroxylation is 1. The van der Waals surface area contributed by atoms with Gasteiger partial charge in [0, 0.05) is 6.07 Å². The van der Waals surface area contributed by atoms with Crippen molar-refractivity contribution >= 4 is 35.1 Å². The zero-order valence-electron chi connectivity index (χ0n) is 16.5. The Hall–Kier alpha value is -4.31. The Morgan fingerprint density at radius 2 is 1.84 bits per heavy atom. The highest BCUT2D eigenvalue weighted by Gasteiger charge is 2.21. The Kier molecular flexibility index (Phi) is 6.76. The molecule has 3 aromatic carbocycles. The molecule has 0 aliphatic carbocycles. The van der Waals surface area contributed by atoms with Gasteiger partial charge in [-0.2, -0.15) is 5.10 Å². The van der Waals surface area contributed by atoms with E-state index in [2.05, 4.69) is 10.5 Å². The van der Waals surface area contributed by atoms with Crippen molar-refractivity contribution in [1.82, 2.24) is 5.43 Å². The molecule has 0 heterocycles. The number of hydrogen-bond donors (Lipinski definition) is 1. The summed E-state index contributed by atoms with van der Waals surface area (Å²) < 4.78 is 5.54. The van der Waals surface area contributed by atoms with Gasteiger partial charge in [0.1, 0.15) is 5.75 Å². The number of benzene rings is 3. The molecule has 1 N–H and O–H groups in total. The quantitative estimate of drug-likeness (QED) is 0.302. The van der Waals surface area contributed by atoms with Crippen molar-refractivity contribution in [3.05, 3.63) is 103 Å². The summed E-state index contributed by atoms with van der Waals surface area (Å²) in [5, 5.41) is 26.3. The van der Waals surface area contributed by atoms with Crippen molar-refractivity contribution < 1.29 is 19.4 Å². The number of hydrogen-bond acceptors (Lipinski definition) is 7. The number of ether oxygens (including phenoxy) is 1. The number of nitrogens with one attached hydrogen (secondary N) is 1. The third kappa shape index (κ3) is 5.43. The number of nitro groups is 2. The molecule has 0 spiro atoms. The fourth-order valence-corrected chi connectivity index (χ4v) is 2.98. The van der Waals surface area contributed by atoms with Crippen molar-refractivity contribution in [3.63, 3.8) is 0 Å². The first-order valence-corrected chi connectivity index (χ1v) is 9.42. The lowest BCUT2D eigenvalue weighted by molar-refractivity contribution is -0.394. The molecule has 0 aromatic heterocycles. The number of carbonyl (C=O) groups is 1. The summed E-state index contributed by atoms with van der Waals surface area (Å²) >= 11 is 6.07. The molecule has 162 valence electrons. The molecule has 0 saturated carbocycles. The molecule has 11 heteroatoms. The highest BCUT2D eigenvalue weighted by atomic mass is 35.5. The highest BCUT2D eigenvalue weighted by Crippen LogP contribution is 2.34. The van der Waals surface area contributed by atoms with Gasteiger partial charge in [-0.25, -0.2) is 5.43 Å². The van der Waals surface area contributed by atoms with Gasteiger partial charge < -0.3 is 4.74 Å². The summed E-state index contributed by atoms with van der Waals surface area (Å²) in [5.41, 5.74) is 3.13. The van der Waals surface area contributed by atoms with Gasteiger partial charge in [-0.05, 0) is 48.4 Å². The van der Waals surface area contributed by atoms with E-state index < -0.39 is 27.1 Å². The smallest absolute Gasteiger partial charge is 0.318 e. The summed E-state index contributed by atoms with van der Waals surface area (Å²) in [6.07, 6.45) is 1.36. The van der Waals surface area contributed by atoms with Gasteiger partial charge in [0.25, 0.3) is 11.6 Å². The Morgan fingerprint density at radius 1 is 1.06 bits per heavy atom. The summed E-state index contributed by atoms with van der Waals surface area (Å²) in [7, 11) is 0. The van der Waals surface area contributed by atoms with Crippen LogP contribution in [0.15, 0.2) is 65.8 Å². The zero-order chi connectivity index (χ0) is 23.3. The van der Waals surface area contributed by atoms with E-state index in [9.17, 15) is 25.0 Å². The predicted octanol–water partition coefficient (Wildman–Crippen LogP) is 5.02. The number of nitrogens with zero attached hydrogens (tertiary/aromatic N) is 3. The molecule has 1 amide bonds. The van der Waals surface area contributed by atoms with Gasteiger partial charge >= 0.3 is 5.69 Å². The maximum atomic E-state index is 12.2. The number of halogens is 1. The number of hydrazone groups is 1. The van der Waals surface area contributed by atoms with E-state index in [4.69, 9.17) is 16.3 Å². The van der Waals surface area contributed by atoms with E-state index in [0.29, 0.717) is 10.6 Å². The number of carbonyl (C=O) groups excluding carboxylic acids is 1. The fourth-order valence-electron chi connectivity index (χ4n) is 2.66. The zero-order valence-corrected chi connectivity index (χ0v) is 17.3. The van der Waals surface area contributed by atoms with Gasteiger partial charge in [0.15, 0.2) is 0 Å². The lowest BCUT2D eigenvalue weighted by Gasteiger charge is -2.07. The third-order valence-electron chi connectivity index (χ3n) is 4.18. The Bertz CT molecular complexity index is 1240. The van der Waals surface area contributed by atoms with Crippen LogP contribution in [0.5, 0.6) is 11.5 Å². The Morgan fingerprint density at radius 3 is 2.53 bits per heavy atom. The van der Waals surface area contributed by atoms with E-state index >= 15 is 0 Å². The molecule has 0 aliphatic heterocycles. The molecule has 3 aromatic rings. The topological polar surface area (TPSA) is 137 Å². The number of nitro benzene ring substituents is 2. The van der Waals surface area contributed by atoms with Crippen LogP contribution in [0.25, 0.3) is 0 Å². The van der Waals surface area contributed by atoms with Crippen molar-refractivity contribution in [2.45, 2.75) is 6.92 Å². The second-order valence-electron chi connectivity index (χ2n) is 6.52. The normalized spacial score (nSPS) is 10.7. The molecule has 0 saturated heterocycles. The van der Waals surface area contributed by atoms with Crippen LogP contribution in [0.3, 0.4) is 0 Å². The molecular formula is C21H15ClN4O6. The van der Waals surface area contributed by atoms with E-state index in [1.165, 1.54) is 12.3 Å². The van der Waals surface area contributed by atoms with Crippen LogP contribution in [-0.2, 0) is 0 Å². The molecule has 0 bridgehead atoms. The van der Waals surface area contributed by atoms with Crippen LogP contribution in [0, 0.1) is 27.2 Å². The molecular weight excluding hydrogens is 440 g/mol. The van der Waals surface area contributed by atoms with Crippen molar-refractivity contribution in [1.29, 1.82) is 0 Å². The second-order valence-corrected chi connectivity index (χ2v) is 6.93. The third-order valence-corrected chi connectivity index (χ3v) is 4.50. The molecule has 0 aliphatic rings. The minimum atomic E-state index is -0.765. The highest BCUT2D eigenvalue weighted by molar-refractivity contribution is 6.33. The van der Waals surface area contributed by atoms with Gasteiger partial charge in [0.2, 0.25) is 5.75 Å². The van der Waals surface area contributed by atoms with E-state index in [1.807, 2.05) is 6.92 Å².